The molecule has 4 heteroatoms. The molecule has 1 nitrogen and oxygen atoms in total. The Hall–Kier alpha value is -0.250. The van der Waals surface area contributed by atoms with Gasteiger partial charge < -0.3 is 0 Å². The van der Waals surface area contributed by atoms with Gasteiger partial charge in [-0.25, -0.2) is 4.39 Å². The Morgan fingerprint density at radius 3 is 1.68 bits per heavy atom. The van der Waals surface area contributed by atoms with Gasteiger partial charge in [0.05, 0.1) is 21.1 Å². The number of nitrogens with zero attached hydrogens (tertiary/aromatic N) is 1. The zero-order chi connectivity index (χ0) is 14.9. The monoisotopic (exact) mass is 282 g/mol. The highest BCUT2D eigenvalue weighted by Crippen LogP contribution is 2.31. The van der Waals surface area contributed by atoms with Gasteiger partial charge in [-0.1, -0.05) is 58.3 Å². The summed E-state index contributed by atoms with van der Waals surface area (Å²) in [6.07, 6.45) is 6.49. The molecule has 0 aromatic rings. The zero-order valence-electron chi connectivity index (χ0n) is 13.0. The molecule has 0 aliphatic carbocycles. The fourth-order valence-corrected chi connectivity index (χ4v) is 2.05. The van der Waals surface area contributed by atoms with Crippen molar-refractivity contribution in [3.05, 3.63) is 0 Å². The fraction of sp³-hybridized carbons (Fsp3) is 1.00. The average molecular weight is 282 g/mol. The van der Waals surface area contributed by atoms with E-state index < -0.39 is 16.7 Å². The van der Waals surface area contributed by atoms with Gasteiger partial charge in [-0.3, -0.25) is 4.48 Å². The predicted octanol–water partition coefficient (Wildman–Crippen LogP) is 5.15. The molecule has 0 aliphatic heterocycles. The second-order valence-electron chi connectivity index (χ2n) is 6.33. The van der Waals surface area contributed by atoms with Gasteiger partial charge in [0.1, 0.15) is 0 Å². The van der Waals surface area contributed by atoms with E-state index in [4.69, 9.17) is 0 Å². The number of unbranched alkanes of at least 4 members (excludes halogenated alkanes) is 7. The second kappa shape index (κ2) is 8.83. The molecule has 0 aromatic heterocycles. The molecule has 0 heterocycles. The molecule has 0 aliphatic rings. The molecular formula is C15H31F3N+. The van der Waals surface area contributed by atoms with Crippen LogP contribution in [0.3, 0.4) is 0 Å². The Bertz CT molecular complexity index is 224. The van der Waals surface area contributed by atoms with Crippen LogP contribution in [-0.2, 0) is 0 Å². The van der Waals surface area contributed by atoms with Crippen LogP contribution in [0.15, 0.2) is 0 Å². The maximum absolute atomic E-state index is 13.6. The number of halogens is 3. The van der Waals surface area contributed by atoms with Crippen LogP contribution in [0.1, 0.15) is 64.7 Å². The maximum atomic E-state index is 13.6. The van der Waals surface area contributed by atoms with Crippen molar-refractivity contribution in [2.75, 3.05) is 21.1 Å². The third kappa shape index (κ3) is 7.19. The van der Waals surface area contributed by atoms with Crippen LogP contribution in [0.5, 0.6) is 0 Å². The van der Waals surface area contributed by atoms with Gasteiger partial charge in [-0.2, -0.15) is 0 Å². The lowest BCUT2D eigenvalue weighted by Gasteiger charge is -2.34. The summed E-state index contributed by atoms with van der Waals surface area (Å²) in [5.74, 6) is 0. The predicted molar refractivity (Wildman–Crippen MR) is 75.1 cm³/mol. The highest BCUT2D eigenvalue weighted by atomic mass is 19.3. The summed E-state index contributed by atoms with van der Waals surface area (Å²) in [6.45, 7) is 2.18. The van der Waals surface area contributed by atoms with E-state index in [0.717, 1.165) is 19.3 Å². The van der Waals surface area contributed by atoms with Crippen molar-refractivity contribution in [3.63, 3.8) is 0 Å². The lowest BCUT2D eigenvalue weighted by molar-refractivity contribution is -0.964. The molecule has 0 aromatic carbocycles. The van der Waals surface area contributed by atoms with Crippen molar-refractivity contribution in [2.24, 2.45) is 0 Å². The number of quaternary nitrogens is 1. The van der Waals surface area contributed by atoms with E-state index in [1.807, 2.05) is 0 Å². The van der Waals surface area contributed by atoms with E-state index in [1.54, 1.807) is 0 Å². The van der Waals surface area contributed by atoms with Crippen molar-refractivity contribution in [2.45, 2.75) is 76.9 Å². The third-order valence-electron chi connectivity index (χ3n) is 3.58. The van der Waals surface area contributed by atoms with E-state index in [0.29, 0.717) is 6.42 Å². The molecule has 0 bridgehead atoms. The van der Waals surface area contributed by atoms with E-state index in [9.17, 15) is 13.2 Å². The SMILES string of the molecule is CCCCCCCCCCC(F)C(F)(F)[N+](C)(C)C. The Kier molecular flexibility index (Phi) is 8.71. The normalized spacial score (nSPS) is 14.7. The number of alkyl halides is 3. The Morgan fingerprint density at radius 2 is 1.26 bits per heavy atom. The van der Waals surface area contributed by atoms with Gasteiger partial charge in [-0.05, 0) is 6.42 Å². The van der Waals surface area contributed by atoms with Gasteiger partial charge in [0.15, 0.2) is 0 Å². The molecule has 0 N–H and O–H groups in total. The average Bonchev–Trinajstić information content (AvgIpc) is 2.30. The molecule has 1 atom stereocenters. The molecule has 0 radical (unpaired) electrons. The van der Waals surface area contributed by atoms with E-state index in [2.05, 4.69) is 6.92 Å². The summed E-state index contributed by atoms with van der Waals surface area (Å²) in [4.78, 5) is 0. The van der Waals surface area contributed by atoms with Crippen molar-refractivity contribution < 1.29 is 17.7 Å². The first kappa shape index (κ1) is 18.8. The zero-order valence-corrected chi connectivity index (χ0v) is 13.0. The third-order valence-corrected chi connectivity index (χ3v) is 3.58. The number of rotatable bonds is 11. The van der Waals surface area contributed by atoms with Crippen molar-refractivity contribution >= 4 is 0 Å². The first-order chi connectivity index (χ1) is 8.73. The summed E-state index contributed by atoms with van der Waals surface area (Å²) < 4.78 is 40.2. The minimum Gasteiger partial charge on any atom is -0.268 e. The van der Waals surface area contributed by atoms with Gasteiger partial charge in [0.25, 0.3) is 0 Å². The summed E-state index contributed by atoms with van der Waals surface area (Å²) in [5.41, 5.74) is 0. The van der Waals surface area contributed by atoms with Crippen molar-refractivity contribution in [3.8, 4) is 0 Å². The highest BCUT2D eigenvalue weighted by Gasteiger charge is 2.52. The smallest absolute Gasteiger partial charge is 0.268 e. The molecule has 0 amide bonds. The summed E-state index contributed by atoms with van der Waals surface area (Å²) in [6, 6.07) is -3.29. The standard InChI is InChI=1S/C15H31F3N/c1-5-6-7-8-9-10-11-12-13-14(16)15(17,18)19(2,3)4/h14H,5-13H2,1-4H3/q+1. The van der Waals surface area contributed by atoms with Crippen LogP contribution in [-0.4, -0.2) is 37.8 Å². The molecule has 0 rings (SSSR count). The molecule has 1 unspecified atom stereocenters. The molecule has 19 heavy (non-hydrogen) atoms. The fourth-order valence-electron chi connectivity index (χ4n) is 2.05. The first-order valence-electron chi connectivity index (χ1n) is 7.57. The number of hydrogen-bond acceptors (Lipinski definition) is 0. The van der Waals surface area contributed by atoms with Crippen LogP contribution in [0.2, 0.25) is 0 Å². The van der Waals surface area contributed by atoms with Gasteiger partial charge in [0.2, 0.25) is 6.17 Å². The van der Waals surface area contributed by atoms with Gasteiger partial charge in [-0.15, -0.1) is 8.78 Å². The lowest BCUT2D eigenvalue weighted by atomic mass is 10.0. The molecular weight excluding hydrogens is 251 g/mol. The van der Waals surface area contributed by atoms with Crippen LogP contribution < -0.4 is 0 Å². The number of hydrogen-bond donors (Lipinski definition) is 0. The molecule has 116 valence electrons. The van der Waals surface area contributed by atoms with E-state index in [-0.39, 0.29) is 6.42 Å². The summed E-state index contributed by atoms with van der Waals surface area (Å²) in [7, 11) is 4.00. The quantitative estimate of drug-likeness (QED) is 0.279. The van der Waals surface area contributed by atoms with Crippen LogP contribution in [0.4, 0.5) is 13.2 Å². The summed E-state index contributed by atoms with van der Waals surface area (Å²) >= 11 is 0. The lowest BCUT2D eigenvalue weighted by Crippen LogP contribution is -2.56. The Morgan fingerprint density at radius 1 is 0.842 bits per heavy atom. The van der Waals surface area contributed by atoms with Crippen LogP contribution in [0.25, 0.3) is 0 Å². The van der Waals surface area contributed by atoms with Crippen LogP contribution >= 0.6 is 0 Å². The molecule has 0 saturated heterocycles. The van der Waals surface area contributed by atoms with Crippen molar-refractivity contribution in [1.29, 1.82) is 0 Å². The van der Waals surface area contributed by atoms with Gasteiger partial charge in [0, 0.05) is 0 Å². The maximum Gasteiger partial charge on any atom is 0.421 e. The van der Waals surface area contributed by atoms with E-state index >= 15 is 0 Å². The summed E-state index contributed by atoms with van der Waals surface area (Å²) in [5, 5.41) is 0. The Balaban J connectivity index is 3.67. The minimum atomic E-state index is -3.29. The van der Waals surface area contributed by atoms with Gasteiger partial charge >= 0.3 is 6.05 Å². The highest BCUT2D eigenvalue weighted by molar-refractivity contribution is 4.67. The largest absolute Gasteiger partial charge is 0.421 e. The van der Waals surface area contributed by atoms with Crippen LogP contribution in [0, 0.1) is 0 Å². The molecule has 0 fully saturated rings. The van der Waals surface area contributed by atoms with E-state index in [1.165, 1.54) is 46.8 Å². The minimum absolute atomic E-state index is 0.0303. The second-order valence-corrected chi connectivity index (χ2v) is 6.33. The first-order valence-corrected chi connectivity index (χ1v) is 7.57. The topological polar surface area (TPSA) is 0 Å². The Labute approximate surface area is 116 Å². The molecule has 0 saturated carbocycles. The molecule has 0 spiro atoms. The van der Waals surface area contributed by atoms with Crippen molar-refractivity contribution in [1.82, 2.24) is 0 Å².